The first-order valence-electron chi connectivity index (χ1n) is 10.5. The molecule has 8 heteroatoms. The summed E-state index contributed by atoms with van der Waals surface area (Å²) >= 11 is 6.04. The van der Waals surface area contributed by atoms with Gasteiger partial charge in [0.25, 0.3) is 0 Å². The minimum Gasteiger partial charge on any atom is -0.497 e. The Kier molecular flexibility index (Phi) is 8.26. The summed E-state index contributed by atoms with van der Waals surface area (Å²) < 4.78 is 5.17. The quantitative estimate of drug-likeness (QED) is 0.663. The number of methoxy groups -OCH3 is 1. The van der Waals surface area contributed by atoms with Crippen LogP contribution in [0.2, 0.25) is 5.15 Å². The molecule has 31 heavy (non-hydrogen) atoms. The van der Waals surface area contributed by atoms with Gasteiger partial charge >= 0.3 is 0 Å². The summed E-state index contributed by atoms with van der Waals surface area (Å²) in [6.07, 6.45) is 3.59. The average molecular weight is 445 g/mol. The molecule has 1 unspecified atom stereocenters. The normalized spacial score (nSPS) is 15.8. The standard InChI is InChI=1S/C23H29ClN4O3/c1-17(23(30)26-20-5-3-12-25-22(20)24)27-13-4-14-28(16-15-27)21(29)11-8-18-6-9-19(31-2)10-7-18/h3,5-7,9-10,12,17H,4,8,11,13-16H2,1-2H3,(H,26,30). The van der Waals surface area contributed by atoms with E-state index < -0.39 is 0 Å². The lowest BCUT2D eigenvalue weighted by Gasteiger charge is -2.27. The van der Waals surface area contributed by atoms with E-state index in [1.807, 2.05) is 36.1 Å². The SMILES string of the molecule is COc1ccc(CCC(=O)N2CCCN(C(C)C(=O)Nc3cccnc3Cl)CC2)cc1. The Morgan fingerprint density at radius 3 is 2.65 bits per heavy atom. The Morgan fingerprint density at radius 2 is 1.94 bits per heavy atom. The Bertz CT molecular complexity index is 891. The molecule has 0 radical (unpaired) electrons. The molecule has 166 valence electrons. The van der Waals surface area contributed by atoms with Crippen molar-refractivity contribution in [2.45, 2.75) is 32.2 Å². The number of carbonyl (C=O) groups is 2. The number of anilines is 1. The number of nitrogens with one attached hydrogen (secondary N) is 1. The van der Waals surface area contributed by atoms with Gasteiger partial charge in [0, 0.05) is 38.8 Å². The Morgan fingerprint density at radius 1 is 1.16 bits per heavy atom. The van der Waals surface area contributed by atoms with Gasteiger partial charge in [-0.2, -0.15) is 0 Å². The molecular formula is C23H29ClN4O3. The topological polar surface area (TPSA) is 74.8 Å². The highest BCUT2D eigenvalue weighted by atomic mass is 35.5. The summed E-state index contributed by atoms with van der Waals surface area (Å²) in [5.41, 5.74) is 1.62. The number of hydrogen-bond acceptors (Lipinski definition) is 5. The molecule has 0 spiro atoms. The van der Waals surface area contributed by atoms with Crippen molar-refractivity contribution in [1.29, 1.82) is 0 Å². The molecule has 3 rings (SSSR count). The van der Waals surface area contributed by atoms with E-state index >= 15 is 0 Å². The number of aromatic nitrogens is 1. The predicted octanol–water partition coefficient (Wildman–Crippen LogP) is 3.24. The summed E-state index contributed by atoms with van der Waals surface area (Å²) in [4.78, 5) is 33.4. The third kappa shape index (κ3) is 6.42. The first-order valence-corrected chi connectivity index (χ1v) is 10.9. The van der Waals surface area contributed by atoms with Gasteiger partial charge < -0.3 is 15.0 Å². The number of hydrogen-bond donors (Lipinski definition) is 1. The number of amides is 2. The molecule has 1 saturated heterocycles. The molecule has 0 bridgehead atoms. The maximum absolute atomic E-state index is 12.7. The van der Waals surface area contributed by atoms with E-state index in [9.17, 15) is 9.59 Å². The number of ether oxygens (including phenoxy) is 1. The third-order valence-corrected chi connectivity index (χ3v) is 5.92. The number of carbonyl (C=O) groups excluding carboxylic acids is 2. The lowest BCUT2D eigenvalue weighted by molar-refractivity contribution is -0.131. The van der Waals surface area contributed by atoms with Gasteiger partial charge in [-0.05, 0) is 49.6 Å². The van der Waals surface area contributed by atoms with Crippen LogP contribution in [0.3, 0.4) is 0 Å². The zero-order valence-electron chi connectivity index (χ0n) is 18.0. The zero-order chi connectivity index (χ0) is 22.2. The third-order valence-electron chi connectivity index (χ3n) is 5.61. The molecule has 2 aromatic rings. The van der Waals surface area contributed by atoms with Gasteiger partial charge in [-0.15, -0.1) is 0 Å². The summed E-state index contributed by atoms with van der Waals surface area (Å²) in [6.45, 7) is 4.62. The van der Waals surface area contributed by atoms with E-state index in [-0.39, 0.29) is 23.0 Å². The van der Waals surface area contributed by atoms with Gasteiger partial charge in [0.1, 0.15) is 5.75 Å². The highest BCUT2D eigenvalue weighted by molar-refractivity contribution is 6.32. The first-order chi connectivity index (χ1) is 15.0. The number of aryl methyl sites for hydroxylation is 1. The van der Waals surface area contributed by atoms with E-state index in [2.05, 4.69) is 15.2 Å². The Hall–Kier alpha value is -2.64. The maximum Gasteiger partial charge on any atom is 0.241 e. The number of nitrogens with zero attached hydrogens (tertiary/aromatic N) is 3. The summed E-state index contributed by atoms with van der Waals surface area (Å²) in [5, 5.41) is 3.11. The van der Waals surface area contributed by atoms with Crippen molar-refractivity contribution in [3.05, 3.63) is 53.3 Å². The second-order valence-corrected chi connectivity index (χ2v) is 7.98. The van der Waals surface area contributed by atoms with Crippen LogP contribution >= 0.6 is 11.6 Å². The van der Waals surface area contributed by atoms with Crippen LogP contribution in [-0.4, -0.2) is 65.9 Å². The number of pyridine rings is 1. The maximum atomic E-state index is 12.7. The molecule has 2 heterocycles. The molecule has 1 aliphatic rings. The molecule has 0 aliphatic carbocycles. The van der Waals surface area contributed by atoms with E-state index in [4.69, 9.17) is 16.3 Å². The Labute approximate surface area is 188 Å². The van der Waals surface area contributed by atoms with Crippen molar-refractivity contribution >= 4 is 29.1 Å². The van der Waals surface area contributed by atoms with Crippen LogP contribution in [0.1, 0.15) is 25.3 Å². The van der Waals surface area contributed by atoms with E-state index in [1.165, 1.54) is 0 Å². The second-order valence-electron chi connectivity index (χ2n) is 7.63. The molecule has 1 fully saturated rings. The fraction of sp³-hybridized carbons (Fsp3) is 0.435. The van der Waals surface area contributed by atoms with Gasteiger partial charge in [-0.25, -0.2) is 4.98 Å². The van der Waals surface area contributed by atoms with Crippen molar-refractivity contribution < 1.29 is 14.3 Å². The molecule has 1 atom stereocenters. The summed E-state index contributed by atoms with van der Waals surface area (Å²) in [5.74, 6) is 0.831. The van der Waals surface area contributed by atoms with Crippen LogP contribution in [-0.2, 0) is 16.0 Å². The zero-order valence-corrected chi connectivity index (χ0v) is 18.8. The van der Waals surface area contributed by atoms with Crippen LogP contribution in [0, 0.1) is 0 Å². The lowest BCUT2D eigenvalue weighted by Crippen LogP contribution is -2.44. The summed E-state index contributed by atoms with van der Waals surface area (Å²) in [6, 6.07) is 10.9. The highest BCUT2D eigenvalue weighted by Gasteiger charge is 2.26. The van der Waals surface area contributed by atoms with E-state index in [0.717, 1.165) is 24.3 Å². The minimum atomic E-state index is -0.328. The molecule has 1 N–H and O–H groups in total. The molecular weight excluding hydrogens is 416 g/mol. The minimum absolute atomic E-state index is 0.130. The second kappa shape index (κ2) is 11.1. The van der Waals surface area contributed by atoms with Crippen molar-refractivity contribution in [1.82, 2.24) is 14.8 Å². The lowest BCUT2D eigenvalue weighted by atomic mass is 10.1. The molecule has 1 aliphatic heterocycles. The van der Waals surface area contributed by atoms with Crippen LogP contribution in [0.4, 0.5) is 5.69 Å². The van der Waals surface area contributed by atoms with E-state index in [0.29, 0.717) is 38.2 Å². The van der Waals surface area contributed by atoms with Crippen molar-refractivity contribution in [2.24, 2.45) is 0 Å². The summed E-state index contributed by atoms with van der Waals surface area (Å²) in [7, 11) is 1.64. The molecule has 1 aromatic carbocycles. The van der Waals surface area contributed by atoms with Crippen LogP contribution in [0.5, 0.6) is 5.75 Å². The first kappa shape index (κ1) is 23.0. The average Bonchev–Trinajstić information content (AvgIpc) is 3.05. The van der Waals surface area contributed by atoms with Crippen LogP contribution in [0.15, 0.2) is 42.6 Å². The number of benzene rings is 1. The molecule has 0 saturated carbocycles. The number of rotatable bonds is 7. The van der Waals surface area contributed by atoms with Gasteiger partial charge in [-0.1, -0.05) is 23.7 Å². The van der Waals surface area contributed by atoms with Crippen molar-refractivity contribution in [2.75, 3.05) is 38.6 Å². The van der Waals surface area contributed by atoms with Crippen LogP contribution < -0.4 is 10.1 Å². The van der Waals surface area contributed by atoms with E-state index in [1.54, 1.807) is 25.4 Å². The largest absolute Gasteiger partial charge is 0.497 e. The monoisotopic (exact) mass is 444 g/mol. The fourth-order valence-corrected chi connectivity index (χ4v) is 3.82. The van der Waals surface area contributed by atoms with Crippen molar-refractivity contribution in [3.63, 3.8) is 0 Å². The smallest absolute Gasteiger partial charge is 0.241 e. The molecule has 2 amide bonds. The molecule has 1 aromatic heterocycles. The van der Waals surface area contributed by atoms with Gasteiger partial charge in [-0.3, -0.25) is 14.5 Å². The molecule has 7 nitrogen and oxygen atoms in total. The Balaban J connectivity index is 1.48. The number of halogens is 1. The van der Waals surface area contributed by atoms with Crippen molar-refractivity contribution in [3.8, 4) is 5.75 Å². The predicted molar refractivity (Wildman–Crippen MR) is 121 cm³/mol. The fourth-order valence-electron chi connectivity index (χ4n) is 3.66. The van der Waals surface area contributed by atoms with Crippen LogP contribution in [0.25, 0.3) is 0 Å². The van der Waals surface area contributed by atoms with Gasteiger partial charge in [0.05, 0.1) is 18.8 Å². The highest BCUT2D eigenvalue weighted by Crippen LogP contribution is 2.19. The van der Waals surface area contributed by atoms with Gasteiger partial charge in [0.2, 0.25) is 11.8 Å². The van der Waals surface area contributed by atoms with Gasteiger partial charge in [0.15, 0.2) is 5.15 Å².